The van der Waals surface area contributed by atoms with Crippen LogP contribution in [0.15, 0.2) is 35.3 Å². The van der Waals surface area contributed by atoms with Crippen molar-refractivity contribution in [2.45, 2.75) is 38.4 Å². The highest BCUT2D eigenvalue weighted by Gasteiger charge is 2.25. The lowest BCUT2D eigenvalue weighted by atomic mass is 9.99. The molecule has 0 saturated carbocycles. The molecule has 1 N–H and O–H groups in total. The maximum absolute atomic E-state index is 12.1. The van der Waals surface area contributed by atoms with Crippen molar-refractivity contribution < 1.29 is 4.21 Å². The molecule has 5 heteroatoms. The average Bonchev–Trinajstić information content (AvgIpc) is 2.99. The molecule has 1 aliphatic heterocycles. The fraction of sp³-hybridized carbons (Fsp3) is 0.632. The molecule has 1 saturated heterocycles. The molecular weight excluding hydrogens is 318 g/mol. The smallest absolute Gasteiger partial charge is 0.193 e. The first-order chi connectivity index (χ1) is 11.4. The number of nitrogens with one attached hydrogen (secondary N) is 1. The van der Waals surface area contributed by atoms with E-state index in [1.165, 1.54) is 12.0 Å². The summed E-state index contributed by atoms with van der Waals surface area (Å²) in [7, 11) is 1.00. The highest BCUT2D eigenvalue weighted by atomic mass is 32.2. The van der Waals surface area contributed by atoms with Gasteiger partial charge in [0.25, 0.3) is 0 Å². The number of guanidine groups is 1. The van der Waals surface area contributed by atoms with Gasteiger partial charge in [0.15, 0.2) is 5.96 Å². The summed E-state index contributed by atoms with van der Waals surface area (Å²) in [5, 5.41) is 3.38. The number of rotatable bonds is 5. The molecule has 2 rings (SSSR count). The van der Waals surface area contributed by atoms with Crippen molar-refractivity contribution in [3.05, 3.63) is 35.9 Å². The molecule has 0 radical (unpaired) electrons. The third-order valence-electron chi connectivity index (χ3n) is 4.42. The van der Waals surface area contributed by atoms with Crippen molar-refractivity contribution in [3.8, 4) is 0 Å². The first kappa shape index (κ1) is 19.0. The topological polar surface area (TPSA) is 44.7 Å². The number of aliphatic imine (C=N–C) groups is 1. The normalized spacial score (nSPS) is 20.2. The third kappa shape index (κ3) is 5.62. The van der Waals surface area contributed by atoms with Gasteiger partial charge < -0.3 is 10.2 Å². The van der Waals surface area contributed by atoms with E-state index in [2.05, 4.69) is 45.5 Å². The van der Waals surface area contributed by atoms with Crippen molar-refractivity contribution >= 4 is 16.8 Å². The van der Waals surface area contributed by atoms with E-state index in [0.717, 1.165) is 25.5 Å². The standard InChI is InChI=1S/C19H31N3OS/c1-19(2,3)24(23)13-11-21-18(20-4)22-12-10-17(15-22)14-16-8-6-5-7-9-16/h5-9,17H,10-15H2,1-4H3,(H,20,21). The van der Waals surface area contributed by atoms with Gasteiger partial charge in [-0.3, -0.25) is 9.20 Å². The zero-order valence-corrected chi connectivity index (χ0v) is 16.2. The van der Waals surface area contributed by atoms with Gasteiger partial charge in [0.1, 0.15) is 0 Å². The second-order valence-electron chi connectivity index (χ2n) is 7.43. The van der Waals surface area contributed by atoms with Crippen molar-refractivity contribution in [2.24, 2.45) is 10.9 Å². The molecule has 134 valence electrons. The van der Waals surface area contributed by atoms with Gasteiger partial charge in [-0.1, -0.05) is 30.3 Å². The predicted octanol–water partition coefficient (Wildman–Crippen LogP) is 2.67. The molecule has 0 aliphatic carbocycles. The van der Waals surface area contributed by atoms with Crippen LogP contribution in [0.3, 0.4) is 0 Å². The predicted molar refractivity (Wildman–Crippen MR) is 104 cm³/mol. The highest BCUT2D eigenvalue weighted by molar-refractivity contribution is 7.86. The van der Waals surface area contributed by atoms with E-state index in [1.807, 2.05) is 27.8 Å². The zero-order valence-electron chi connectivity index (χ0n) is 15.4. The van der Waals surface area contributed by atoms with Gasteiger partial charge >= 0.3 is 0 Å². The van der Waals surface area contributed by atoms with Crippen LogP contribution in [0.1, 0.15) is 32.8 Å². The van der Waals surface area contributed by atoms with Crippen molar-refractivity contribution in [1.82, 2.24) is 10.2 Å². The second-order valence-corrected chi connectivity index (χ2v) is 9.75. The molecule has 2 atom stereocenters. The number of likely N-dealkylation sites (tertiary alicyclic amines) is 1. The molecule has 1 aromatic carbocycles. The Morgan fingerprint density at radius 1 is 1.33 bits per heavy atom. The molecule has 1 heterocycles. The average molecular weight is 350 g/mol. The van der Waals surface area contributed by atoms with Crippen LogP contribution in [-0.2, 0) is 17.2 Å². The van der Waals surface area contributed by atoms with E-state index in [0.29, 0.717) is 18.2 Å². The van der Waals surface area contributed by atoms with E-state index < -0.39 is 10.8 Å². The van der Waals surface area contributed by atoms with Crippen LogP contribution < -0.4 is 5.32 Å². The van der Waals surface area contributed by atoms with Crippen LogP contribution in [0.4, 0.5) is 0 Å². The Morgan fingerprint density at radius 2 is 2.04 bits per heavy atom. The lowest BCUT2D eigenvalue weighted by Crippen LogP contribution is -2.42. The van der Waals surface area contributed by atoms with Crippen molar-refractivity contribution in [1.29, 1.82) is 0 Å². The number of hydrogen-bond donors (Lipinski definition) is 1. The minimum atomic E-state index is -0.827. The van der Waals surface area contributed by atoms with Crippen LogP contribution in [0, 0.1) is 5.92 Å². The zero-order chi connectivity index (χ0) is 17.6. The first-order valence-electron chi connectivity index (χ1n) is 8.78. The molecule has 0 aromatic heterocycles. The van der Waals surface area contributed by atoms with E-state index in [4.69, 9.17) is 0 Å². The largest absolute Gasteiger partial charge is 0.355 e. The summed E-state index contributed by atoms with van der Waals surface area (Å²) in [4.78, 5) is 6.73. The molecule has 2 unspecified atom stereocenters. The minimum Gasteiger partial charge on any atom is -0.355 e. The van der Waals surface area contributed by atoms with Gasteiger partial charge in [-0.25, -0.2) is 0 Å². The lowest BCUT2D eigenvalue weighted by Gasteiger charge is -2.23. The fourth-order valence-corrected chi connectivity index (χ4v) is 3.93. The first-order valence-corrected chi connectivity index (χ1v) is 10.1. The van der Waals surface area contributed by atoms with Gasteiger partial charge in [0.2, 0.25) is 0 Å². The Bertz CT molecular complexity index is 566. The Hall–Kier alpha value is -1.36. The molecule has 24 heavy (non-hydrogen) atoms. The van der Waals surface area contributed by atoms with Gasteiger partial charge in [0, 0.05) is 48.0 Å². The number of hydrogen-bond acceptors (Lipinski definition) is 2. The summed E-state index contributed by atoms with van der Waals surface area (Å²) in [6, 6.07) is 10.7. The molecule has 0 spiro atoms. The molecule has 1 fully saturated rings. The Kier molecular flexibility index (Phi) is 6.84. The van der Waals surface area contributed by atoms with Gasteiger partial charge in [0.05, 0.1) is 0 Å². The quantitative estimate of drug-likeness (QED) is 0.657. The molecule has 1 aliphatic rings. The highest BCUT2D eigenvalue weighted by Crippen LogP contribution is 2.20. The Balaban J connectivity index is 1.79. The summed E-state index contributed by atoms with van der Waals surface area (Å²) in [6.45, 7) is 8.85. The van der Waals surface area contributed by atoms with E-state index in [-0.39, 0.29) is 4.75 Å². The van der Waals surface area contributed by atoms with Crippen LogP contribution >= 0.6 is 0 Å². The summed E-state index contributed by atoms with van der Waals surface area (Å²) in [5.74, 6) is 2.27. The Labute approximate surface area is 149 Å². The SMILES string of the molecule is CN=C(NCCS(=O)C(C)(C)C)N1CCC(Cc2ccccc2)C1. The lowest BCUT2D eigenvalue weighted by molar-refractivity contribution is 0.461. The molecule has 4 nitrogen and oxygen atoms in total. The maximum Gasteiger partial charge on any atom is 0.193 e. The summed E-state index contributed by atoms with van der Waals surface area (Å²) in [5.41, 5.74) is 1.41. The van der Waals surface area contributed by atoms with Crippen molar-refractivity contribution in [3.63, 3.8) is 0 Å². The maximum atomic E-state index is 12.1. The summed E-state index contributed by atoms with van der Waals surface area (Å²) >= 11 is 0. The number of nitrogens with zero attached hydrogens (tertiary/aromatic N) is 2. The summed E-state index contributed by atoms with van der Waals surface area (Å²) in [6.07, 6.45) is 2.33. The van der Waals surface area contributed by atoms with Gasteiger partial charge in [-0.2, -0.15) is 0 Å². The summed E-state index contributed by atoms with van der Waals surface area (Å²) < 4.78 is 12.0. The van der Waals surface area contributed by atoms with Crippen LogP contribution in [-0.4, -0.2) is 52.3 Å². The molecular formula is C19H31N3OS. The van der Waals surface area contributed by atoms with Crippen LogP contribution in [0.25, 0.3) is 0 Å². The van der Waals surface area contributed by atoms with Gasteiger partial charge in [-0.05, 0) is 45.1 Å². The van der Waals surface area contributed by atoms with Gasteiger partial charge in [-0.15, -0.1) is 0 Å². The molecule has 0 amide bonds. The minimum absolute atomic E-state index is 0.153. The third-order valence-corrected chi connectivity index (χ3v) is 6.36. The second kappa shape index (κ2) is 8.65. The molecule has 0 bridgehead atoms. The monoisotopic (exact) mass is 349 g/mol. The van der Waals surface area contributed by atoms with Crippen molar-refractivity contribution in [2.75, 3.05) is 32.4 Å². The Morgan fingerprint density at radius 3 is 2.67 bits per heavy atom. The van der Waals surface area contributed by atoms with Crippen LogP contribution in [0.5, 0.6) is 0 Å². The van der Waals surface area contributed by atoms with E-state index >= 15 is 0 Å². The van der Waals surface area contributed by atoms with Crippen LogP contribution in [0.2, 0.25) is 0 Å². The molecule has 1 aromatic rings. The van der Waals surface area contributed by atoms with E-state index in [1.54, 1.807) is 0 Å². The fourth-order valence-electron chi connectivity index (χ4n) is 3.03. The number of benzene rings is 1. The van der Waals surface area contributed by atoms with E-state index in [9.17, 15) is 4.21 Å².